The van der Waals surface area contributed by atoms with Gasteiger partial charge in [-0.15, -0.1) is 0 Å². The Hall–Kier alpha value is -2.99. The van der Waals surface area contributed by atoms with E-state index in [1.165, 1.54) is 12.0 Å². The molecule has 2 N–H and O–H groups in total. The standard InChI is InChI=1S/C30H34N2O3/c1-31(19-24-17-26(24)21-11-5-2-6-12-21)25-18-27(30(34)35)32(20-25)29(33)28(22-13-7-3-8-14-22)23-15-9-4-10-16-23/h2-16,24-29,33H,17-20H2,1H3,(H,34,35). The summed E-state index contributed by atoms with van der Waals surface area (Å²) in [5, 5.41) is 21.7. The normalized spacial score (nSPS) is 25.1. The summed E-state index contributed by atoms with van der Waals surface area (Å²) >= 11 is 0. The third-order valence-electron chi connectivity index (χ3n) is 7.85. The fourth-order valence-corrected chi connectivity index (χ4v) is 5.82. The van der Waals surface area contributed by atoms with Gasteiger partial charge in [-0.25, -0.2) is 0 Å². The van der Waals surface area contributed by atoms with Crippen molar-refractivity contribution >= 4 is 5.97 Å². The SMILES string of the molecule is CN(CC1CC1c1ccccc1)C1CC(C(=O)O)N(C(O)C(c2ccccc2)c2ccccc2)C1. The number of rotatable bonds is 9. The van der Waals surface area contributed by atoms with Gasteiger partial charge in [0.25, 0.3) is 0 Å². The molecule has 1 saturated carbocycles. The summed E-state index contributed by atoms with van der Waals surface area (Å²) in [5.41, 5.74) is 3.36. The number of likely N-dealkylation sites (N-methyl/N-ethyl adjacent to an activating group) is 1. The van der Waals surface area contributed by atoms with Crippen LogP contribution in [0.4, 0.5) is 0 Å². The highest BCUT2D eigenvalue weighted by molar-refractivity contribution is 5.74. The van der Waals surface area contributed by atoms with Gasteiger partial charge >= 0.3 is 5.97 Å². The number of nitrogens with zero attached hydrogens (tertiary/aromatic N) is 2. The summed E-state index contributed by atoms with van der Waals surface area (Å²) in [6, 6.07) is 29.8. The van der Waals surface area contributed by atoms with Gasteiger partial charge in [0.2, 0.25) is 0 Å². The first kappa shape index (κ1) is 23.7. The van der Waals surface area contributed by atoms with Gasteiger partial charge in [0.05, 0.1) is 0 Å². The Morgan fingerprint density at radius 1 is 0.914 bits per heavy atom. The molecule has 5 heteroatoms. The quantitative estimate of drug-likeness (QED) is 0.485. The molecule has 3 aromatic rings. The van der Waals surface area contributed by atoms with Crippen LogP contribution in [0.1, 0.15) is 41.4 Å². The van der Waals surface area contributed by atoms with E-state index in [-0.39, 0.29) is 12.0 Å². The van der Waals surface area contributed by atoms with Crippen LogP contribution < -0.4 is 0 Å². The molecule has 0 amide bonds. The van der Waals surface area contributed by atoms with Crippen LogP contribution in [0.2, 0.25) is 0 Å². The second-order valence-corrected chi connectivity index (χ2v) is 10.1. The molecule has 1 heterocycles. The first-order chi connectivity index (χ1) is 17.0. The molecule has 35 heavy (non-hydrogen) atoms. The molecule has 182 valence electrons. The van der Waals surface area contributed by atoms with E-state index in [2.05, 4.69) is 42.3 Å². The lowest BCUT2D eigenvalue weighted by Gasteiger charge is -2.34. The highest BCUT2D eigenvalue weighted by Crippen LogP contribution is 2.48. The van der Waals surface area contributed by atoms with Crippen LogP contribution in [0.5, 0.6) is 0 Å². The number of carboxylic acids is 1. The highest BCUT2D eigenvalue weighted by Gasteiger charge is 2.46. The fraction of sp³-hybridized carbons (Fsp3) is 0.367. The van der Waals surface area contributed by atoms with Crippen molar-refractivity contribution in [3.05, 3.63) is 108 Å². The monoisotopic (exact) mass is 470 g/mol. The van der Waals surface area contributed by atoms with Gasteiger partial charge in [-0.05, 0) is 48.4 Å². The third-order valence-corrected chi connectivity index (χ3v) is 7.85. The summed E-state index contributed by atoms with van der Waals surface area (Å²) in [4.78, 5) is 16.4. The number of carbonyl (C=O) groups is 1. The zero-order chi connectivity index (χ0) is 24.4. The molecule has 2 fully saturated rings. The largest absolute Gasteiger partial charge is 0.480 e. The number of aliphatic hydroxyl groups is 1. The van der Waals surface area contributed by atoms with Gasteiger partial charge in [-0.1, -0.05) is 91.0 Å². The Labute approximate surface area is 207 Å². The first-order valence-corrected chi connectivity index (χ1v) is 12.5. The van der Waals surface area contributed by atoms with Crippen molar-refractivity contribution in [1.82, 2.24) is 9.80 Å². The Balaban J connectivity index is 1.32. The van der Waals surface area contributed by atoms with Crippen molar-refractivity contribution in [3.8, 4) is 0 Å². The highest BCUT2D eigenvalue weighted by atomic mass is 16.4. The molecule has 0 spiro atoms. The van der Waals surface area contributed by atoms with Crippen molar-refractivity contribution in [2.45, 2.75) is 43.0 Å². The maximum Gasteiger partial charge on any atom is 0.321 e. The fourth-order valence-electron chi connectivity index (χ4n) is 5.82. The minimum atomic E-state index is -0.933. The van der Waals surface area contributed by atoms with E-state index >= 15 is 0 Å². The van der Waals surface area contributed by atoms with Gasteiger partial charge in [0.15, 0.2) is 0 Å². The number of carboxylic acid groups (broad SMARTS) is 1. The van der Waals surface area contributed by atoms with Crippen molar-refractivity contribution in [3.63, 3.8) is 0 Å². The number of likely N-dealkylation sites (tertiary alicyclic amines) is 1. The maximum absolute atomic E-state index is 12.3. The second-order valence-electron chi connectivity index (χ2n) is 10.1. The average Bonchev–Trinajstić information content (AvgIpc) is 3.50. The van der Waals surface area contributed by atoms with E-state index in [9.17, 15) is 15.0 Å². The maximum atomic E-state index is 12.3. The predicted molar refractivity (Wildman–Crippen MR) is 137 cm³/mol. The van der Waals surface area contributed by atoms with Crippen molar-refractivity contribution < 1.29 is 15.0 Å². The summed E-state index contributed by atoms with van der Waals surface area (Å²) in [6.45, 7) is 1.48. The van der Waals surface area contributed by atoms with Gasteiger partial charge in [0.1, 0.15) is 12.3 Å². The number of hydrogen-bond acceptors (Lipinski definition) is 4. The first-order valence-electron chi connectivity index (χ1n) is 12.5. The van der Waals surface area contributed by atoms with Crippen LogP contribution in [0.15, 0.2) is 91.0 Å². The van der Waals surface area contributed by atoms with Crippen LogP contribution in [0.25, 0.3) is 0 Å². The predicted octanol–water partition coefficient (Wildman–Crippen LogP) is 4.40. The van der Waals surface area contributed by atoms with Gasteiger partial charge in [0, 0.05) is 25.0 Å². The number of aliphatic carboxylic acids is 1. The molecule has 0 bridgehead atoms. The molecule has 3 aromatic carbocycles. The van der Waals surface area contributed by atoms with E-state index in [4.69, 9.17) is 0 Å². The molecule has 1 aliphatic carbocycles. The zero-order valence-electron chi connectivity index (χ0n) is 20.1. The molecule has 5 rings (SSSR count). The molecule has 2 aliphatic rings. The number of hydrogen-bond donors (Lipinski definition) is 2. The Bertz CT molecular complexity index is 1070. The van der Waals surface area contributed by atoms with Gasteiger partial charge in [-0.3, -0.25) is 9.69 Å². The van der Waals surface area contributed by atoms with Crippen LogP contribution in [-0.2, 0) is 4.79 Å². The molecule has 1 aliphatic heterocycles. The molecule has 0 radical (unpaired) electrons. The lowest BCUT2D eigenvalue weighted by atomic mass is 9.89. The van der Waals surface area contributed by atoms with Crippen molar-refractivity contribution in [2.24, 2.45) is 5.92 Å². The van der Waals surface area contributed by atoms with Gasteiger partial charge < -0.3 is 15.1 Å². The van der Waals surface area contributed by atoms with Crippen LogP contribution in [0, 0.1) is 5.92 Å². The van der Waals surface area contributed by atoms with E-state index in [1.807, 2.05) is 60.7 Å². The molecule has 1 saturated heterocycles. The van der Waals surface area contributed by atoms with Crippen molar-refractivity contribution in [2.75, 3.05) is 20.1 Å². The van der Waals surface area contributed by atoms with E-state index in [1.54, 1.807) is 4.90 Å². The lowest BCUT2D eigenvalue weighted by molar-refractivity contribution is -0.146. The molecule has 0 aromatic heterocycles. The van der Waals surface area contributed by atoms with E-state index in [0.717, 1.165) is 17.7 Å². The number of aliphatic hydroxyl groups excluding tert-OH is 1. The van der Waals surface area contributed by atoms with Crippen LogP contribution in [0.3, 0.4) is 0 Å². The van der Waals surface area contributed by atoms with E-state index in [0.29, 0.717) is 24.8 Å². The molecular formula is C30H34N2O3. The molecular weight excluding hydrogens is 436 g/mol. The zero-order valence-corrected chi connectivity index (χ0v) is 20.1. The minimum absolute atomic E-state index is 0.0926. The smallest absolute Gasteiger partial charge is 0.321 e. The topological polar surface area (TPSA) is 64.0 Å². The number of benzene rings is 3. The average molecular weight is 471 g/mol. The Morgan fingerprint density at radius 3 is 2.00 bits per heavy atom. The minimum Gasteiger partial charge on any atom is -0.480 e. The molecule has 5 nitrogen and oxygen atoms in total. The summed E-state index contributed by atoms with van der Waals surface area (Å²) in [6.07, 6.45) is 0.763. The summed E-state index contributed by atoms with van der Waals surface area (Å²) < 4.78 is 0. The van der Waals surface area contributed by atoms with Crippen LogP contribution in [-0.4, -0.2) is 64.4 Å². The summed E-state index contributed by atoms with van der Waals surface area (Å²) in [5.74, 6) is 0.00574. The van der Waals surface area contributed by atoms with E-state index < -0.39 is 18.2 Å². The lowest BCUT2D eigenvalue weighted by Crippen LogP contribution is -2.47. The molecule has 5 atom stereocenters. The Kier molecular flexibility index (Phi) is 7.00. The molecule has 5 unspecified atom stereocenters. The van der Waals surface area contributed by atoms with Gasteiger partial charge in [-0.2, -0.15) is 0 Å². The second kappa shape index (κ2) is 10.3. The summed E-state index contributed by atoms with van der Waals surface area (Å²) in [7, 11) is 2.10. The van der Waals surface area contributed by atoms with Crippen molar-refractivity contribution in [1.29, 1.82) is 0 Å². The Morgan fingerprint density at radius 2 is 1.46 bits per heavy atom. The third kappa shape index (κ3) is 5.18. The van der Waals surface area contributed by atoms with Crippen LogP contribution >= 0.6 is 0 Å².